The monoisotopic (exact) mass is 451 g/mol. The molecule has 0 aromatic carbocycles. The maximum absolute atomic E-state index is 8.89. The maximum atomic E-state index is 8.89. The molecule has 6 nitrogen and oxygen atoms in total. The first kappa shape index (κ1) is 30.8. The fraction of sp³-hybridized carbons (Fsp3) is 1.00. The number of methoxy groups -OCH3 is 3. The van der Waals surface area contributed by atoms with E-state index in [-0.39, 0.29) is 35.6 Å². The summed E-state index contributed by atoms with van der Waals surface area (Å²) < 4.78 is 14.0. The molecule has 0 fully saturated rings. The average molecular weight is 451 g/mol. The fourth-order valence-corrected chi connectivity index (χ4v) is 1.06. The summed E-state index contributed by atoms with van der Waals surface area (Å²) >= 11 is 0. The Bertz CT molecular complexity index is 178. The van der Waals surface area contributed by atoms with Gasteiger partial charge in [0.1, 0.15) is 0 Å². The van der Waals surface area contributed by atoms with Gasteiger partial charge in [0.2, 0.25) is 0 Å². The van der Waals surface area contributed by atoms with Crippen LogP contribution in [0.3, 0.4) is 0 Å². The summed E-state index contributed by atoms with van der Waals surface area (Å²) in [6.07, 6.45) is 0. The third-order valence-corrected chi connectivity index (χ3v) is 1.49. The molecular weight excluding hydrogens is 415 g/mol. The molecule has 3 N–H and O–H groups in total. The van der Waals surface area contributed by atoms with E-state index in [0.29, 0.717) is 19.8 Å². The molecule has 0 bridgehead atoms. The van der Waals surface area contributed by atoms with Crippen LogP contribution in [0.4, 0.5) is 0 Å². The van der Waals surface area contributed by atoms with Crippen LogP contribution in [0.1, 0.15) is 41.5 Å². The van der Waals surface area contributed by atoms with Gasteiger partial charge in [-0.05, 0) is 41.5 Å². The number of rotatable bonds is 6. The van der Waals surface area contributed by atoms with Gasteiger partial charge in [-0.2, -0.15) is 0 Å². The smallest absolute Gasteiger partial charge is 0.0824 e. The summed E-state index contributed by atoms with van der Waals surface area (Å²) in [5.41, 5.74) is -2.02. The van der Waals surface area contributed by atoms with E-state index in [0.717, 1.165) is 0 Å². The minimum absolute atomic E-state index is 0. The molecule has 0 atom stereocenters. The van der Waals surface area contributed by atoms with Gasteiger partial charge in [-0.25, -0.2) is 0 Å². The molecule has 135 valence electrons. The summed E-state index contributed by atoms with van der Waals surface area (Å²) in [7, 11) is 4.70. The van der Waals surface area contributed by atoms with E-state index >= 15 is 0 Å². The molecule has 0 aliphatic rings. The molecule has 22 heavy (non-hydrogen) atoms. The summed E-state index contributed by atoms with van der Waals surface area (Å²) in [6, 6.07) is 0. The van der Waals surface area contributed by atoms with Gasteiger partial charge < -0.3 is 29.5 Å². The van der Waals surface area contributed by atoms with E-state index in [1.54, 1.807) is 62.9 Å². The molecule has 1 radical (unpaired) electrons. The summed E-state index contributed by atoms with van der Waals surface area (Å²) in [6.45, 7) is 11.4. The second kappa shape index (κ2) is 15.5. The van der Waals surface area contributed by atoms with Crippen molar-refractivity contribution in [1.29, 1.82) is 0 Å². The third-order valence-electron chi connectivity index (χ3n) is 1.49. The Morgan fingerprint density at radius 3 is 0.682 bits per heavy atom. The minimum atomic E-state index is -0.672. The fourth-order valence-electron chi connectivity index (χ4n) is 1.06. The molecule has 0 amide bonds. The Balaban J connectivity index is -0.000000108. The van der Waals surface area contributed by atoms with Crippen LogP contribution in [0.25, 0.3) is 0 Å². The molecule has 0 heterocycles. The van der Waals surface area contributed by atoms with Gasteiger partial charge in [-0.15, -0.1) is 0 Å². The van der Waals surface area contributed by atoms with Gasteiger partial charge in [0.25, 0.3) is 0 Å². The summed E-state index contributed by atoms with van der Waals surface area (Å²) in [4.78, 5) is 0. The molecule has 0 aromatic heterocycles. The van der Waals surface area contributed by atoms with Crippen molar-refractivity contribution >= 4 is 0 Å². The van der Waals surface area contributed by atoms with Crippen molar-refractivity contribution in [2.45, 2.75) is 58.3 Å². The van der Waals surface area contributed by atoms with Gasteiger partial charge >= 0.3 is 0 Å². The Kier molecular flexibility index (Phi) is 21.7. The number of hydrogen-bond acceptors (Lipinski definition) is 6. The molecule has 0 aromatic rings. The quantitative estimate of drug-likeness (QED) is 0.563. The Morgan fingerprint density at radius 2 is 0.682 bits per heavy atom. The summed E-state index contributed by atoms with van der Waals surface area (Å²) in [5, 5.41) is 26.7. The zero-order valence-electron chi connectivity index (χ0n) is 15.8. The van der Waals surface area contributed by atoms with Gasteiger partial charge in [0, 0.05) is 56.9 Å². The molecule has 7 heteroatoms. The predicted octanol–water partition coefficient (Wildman–Crippen LogP) is 1.21. The van der Waals surface area contributed by atoms with Crippen LogP contribution in [-0.4, -0.2) is 73.3 Å². The Hall–Kier alpha value is 0.955. The van der Waals surface area contributed by atoms with Crippen molar-refractivity contribution in [1.82, 2.24) is 0 Å². The Morgan fingerprint density at radius 1 is 0.545 bits per heavy atom. The van der Waals surface area contributed by atoms with E-state index in [9.17, 15) is 0 Å². The molecule has 0 unspecified atom stereocenters. The minimum Gasteiger partial charge on any atom is -0.388 e. The number of hydrogen-bond donors (Lipinski definition) is 3. The van der Waals surface area contributed by atoms with Crippen LogP contribution in [0.15, 0.2) is 0 Å². The average Bonchev–Trinajstić information content (AvgIpc) is 2.12. The molecular formula is C15H36LaO6. The first-order chi connectivity index (χ1) is 9.18. The molecule has 0 aliphatic heterocycles. The van der Waals surface area contributed by atoms with E-state index < -0.39 is 16.8 Å². The zero-order valence-corrected chi connectivity index (χ0v) is 19.4. The summed E-state index contributed by atoms with van der Waals surface area (Å²) in [5.74, 6) is 0. The molecule has 0 aliphatic carbocycles. The zero-order chi connectivity index (χ0) is 17.7. The normalized spacial score (nSPS) is 11.5. The van der Waals surface area contributed by atoms with Crippen LogP contribution >= 0.6 is 0 Å². The van der Waals surface area contributed by atoms with Gasteiger partial charge in [-0.3, -0.25) is 0 Å². The SMILES string of the molecule is COCC(C)(C)O.COCC(C)(C)O.COCC(C)(C)O.[La]. The largest absolute Gasteiger partial charge is 0.388 e. The van der Waals surface area contributed by atoms with E-state index in [1.165, 1.54) is 0 Å². The molecule has 0 saturated heterocycles. The van der Waals surface area contributed by atoms with E-state index in [2.05, 4.69) is 14.2 Å². The van der Waals surface area contributed by atoms with E-state index in [1.807, 2.05) is 0 Å². The van der Waals surface area contributed by atoms with Crippen molar-refractivity contribution in [3.63, 3.8) is 0 Å². The van der Waals surface area contributed by atoms with E-state index in [4.69, 9.17) is 15.3 Å². The number of aliphatic hydroxyl groups is 3. The topological polar surface area (TPSA) is 88.4 Å². The van der Waals surface area contributed by atoms with Gasteiger partial charge in [0.15, 0.2) is 0 Å². The van der Waals surface area contributed by atoms with Gasteiger partial charge in [0.05, 0.1) is 36.6 Å². The van der Waals surface area contributed by atoms with Crippen molar-refractivity contribution in [2.24, 2.45) is 0 Å². The predicted molar refractivity (Wildman–Crippen MR) is 84.5 cm³/mol. The Labute approximate surface area is 164 Å². The first-order valence-electron chi connectivity index (χ1n) is 6.82. The van der Waals surface area contributed by atoms with Crippen LogP contribution in [0.5, 0.6) is 0 Å². The third kappa shape index (κ3) is 49.7. The van der Waals surface area contributed by atoms with Crippen molar-refractivity contribution in [3.8, 4) is 0 Å². The van der Waals surface area contributed by atoms with Crippen LogP contribution in [0, 0.1) is 35.6 Å². The van der Waals surface area contributed by atoms with Crippen molar-refractivity contribution < 1.29 is 65.1 Å². The maximum Gasteiger partial charge on any atom is 0.0824 e. The first-order valence-corrected chi connectivity index (χ1v) is 6.82. The van der Waals surface area contributed by atoms with Crippen LogP contribution in [-0.2, 0) is 14.2 Å². The van der Waals surface area contributed by atoms with Crippen molar-refractivity contribution in [3.05, 3.63) is 0 Å². The second-order valence-corrected chi connectivity index (χ2v) is 6.74. The van der Waals surface area contributed by atoms with Crippen LogP contribution < -0.4 is 0 Å². The second-order valence-electron chi connectivity index (χ2n) is 6.74. The molecule has 0 spiro atoms. The van der Waals surface area contributed by atoms with Crippen molar-refractivity contribution in [2.75, 3.05) is 41.2 Å². The molecule has 0 saturated carbocycles. The van der Waals surface area contributed by atoms with Crippen LogP contribution in [0.2, 0.25) is 0 Å². The van der Waals surface area contributed by atoms with Gasteiger partial charge in [-0.1, -0.05) is 0 Å². The standard InChI is InChI=1S/3C5H12O2.La/c3*1-5(2,6)4-7-3;/h3*6H,4H2,1-3H3;. The molecule has 0 rings (SSSR count). The number of ether oxygens (including phenoxy) is 3.